The third kappa shape index (κ3) is 2.70. The number of hydrogen-bond acceptors (Lipinski definition) is 4. The zero-order valence-electron chi connectivity index (χ0n) is 10.7. The Hall–Kier alpha value is -1.42. The molecule has 1 atom stereocenters. The summed E-state index contributed by atoms with van der Waals surface area (Å²) in [6.07, 6.45) is 0.00371. The minimum Gasteiger partial charge on any atom is -0.497 e. The van der Waals surface area contributed by atoms with Gasteiger partial charge in [0.25, 0.3) is 0 Å². The second-order valence-electron chi connectivity index (χ2n) is 4.13. The predicted molar refractivity (Wildman–Crippen MR) is 72.7 cm³/mol. The van der Waals surface area contributed by atoms with E-state index in [1.165, 1.54) is 0 Å². The SMILES string of the molecule is COc1ccc(C2CSC(C(C)=O)=C(C)O2)cc1. The number of ketones is 1. The van der Waals surface area contributed by atoms with E-state index < -0.39 is 0 Å². The van der Waals surface area contributed by atoms with Crippen LogP contribution >= 0.6 is 11.8 Å². The van der Waals surface area contributed by atoms with Crippen LogP contribution in [0.4, 0.5) is 0 Å². The normalized spacial score (nSPS) is 19.4. The van der Waals surface area contributed by atoms with Gasteiger partial charge in [0.1, 0.15) is 17.6 Å². The van der Waals surface area contributed by atoms with Crippen molar-refractivity contribution in [2.24, 2.45) is 0 Å². The molecule has 0 spiro atoms. The second-order valence-corrected chi connectivity index (χ2v) is 5.16. The van der Waals surface area contributed by atoms with Crippen LogP contribution in [0.5, 0.6) is 5.75 Å². The number of Topliss-reactive ketones (excluding diaryl/α,β-unsaturated/α-hetero) is 1. The van der Waals surface area contributed by atoms with Crippen molar-refractivity contribution < 1.29 is 14.3 Å². The molecule has 1 aliphatic heterocycles. The zero-order chi connectivity index (χ0) is 13.1. The maximum atomic E-state index is 11.4. The maximum Gasteiger partial charge on any atom is 0.169 e. The van der Waals surface area contributed by atoms with Gasteiger partial charge in [-0.2, -0.15) is 0 Å². The lowest BCUT2D eigenvalue weighted by molar-refractivity contribution is -0.113. The predicted octanol–water partition coefficient (Wildman–Crippen LogP) is 3.32. The van der Waals surface area contributed by atoms with Gasteiger partial charge in [-0.3, -0.25) is 4.79 Å². The number of allylic oxidation sites excluding steroid dienone is 2. The Morgan fingerprint density at radius 1 is 1.39 bits per heavy atom. The van der Waals surface area contributed by atoms with Crippen molar-refractivity contribution in [3.05, 3.63) is 40.5 Å². The van der Waals surface area contributed by atoms with Gasteiger partial charge in [-0.05, 0) is 31.5 Å². The largest absolute Gasteiger partial charge is 0.497 e. The number of hydrogen-bond donors (Lipinski definition) is 0. The smallest absolute Gasteiger partial charge is 0.169 e. The molecule has 0 saturated heterocycles. The topological polar surface area (TPSA) is 35.5 Å². The first-order valence-electron chi connectivity index (χ1n) is 5.77. The summed E-state index contributed by atoms with van der Waals surface area (Å²) in [5, 5.41) is 0. The Labute approximate surface area is 111 Å². The second kappa shape index (κ2) is 5.48. The summed E-state index contributed by atoms with van der Waals surface area (Å²) in [4.78, 5) is 12.1. The molecule has 18 heavy (non-hydrogen) atoms. The highest BCUT2D eigenvalue weighted by atomic mass is 32.2. The van der Waals surface area contributed by atoms with Crippen LogP contribution in [0.3, 0.4) is 0 Å². The molecule has 1 unspecified atom stereocenters. The van der Waals surface area contributed by atoms with Crippen molar-refractivity contribution in [2.75, 3.05) is 12.9 Å². The lowest BCUT2D eigenvalue weighted by Crippen LogP contribution is -2.14. The number of benzene rings is 1. The van der Waals surface area contributed by atoms with E-state index in [0.29, 0.717) is 0 Å². The molecule has 0 aromatic heterocycles. The summed E-state index contributed by atoms with van der Waals surface area (Å²) in [5.41, 5.74) is 1.10. The molecule has 0 radical (unpaired) electrons. The fourth-order valence-corrected chi connectivity index (χ4v) is 2.93. The fraction of sp³-hybridized carbons (Fsp3) is 0.357. The first kappa shape index (κ1) is 13.0. The van der Waals surface area contributed by atoms with E-state index in [2.05, 4.69) is 0 Å². The molecule has 3 nitrogen and oxygen atoms in total. The third-order valence-corrected chi connectivity index (χ3v) is 4.16. The molecule has 0 amide bonds. The zero-order valence-corrected chi connectivity index (χ0v) is 11.5. The van der Waals surface area contributed by atoms with Gasteiger partial charge in [0.2, 0.25) is 0 Å². The van der Waals surface area contributed by atoms with Gasteiger partial charge in [0.05, 0.1) is 12.0 Å². The lowest BCUT2D eigenvalue weighted by atomic mass is 10.1. The van der Waals surface area contributed by atoms with Crippen molar-refractivity contribution in [1.82, 2.24) is 0 Å². The molecule has 4 heteroatoms. The third-order valence-electron chi connectivity index (χ3n) is 2.83. The summed E-state index contributed by atoms with van der Waals surface area (Å²) >= 11 is 1.57. The summed E-state index contributed by atoms with van der Waals surface area (Å²) in [7, 11) is 1.65. The van der Waals surface area contributed by atoms with E-state index in [1.807, 2.05) is 31.2 Å². The van der Waals surface area contributed by atoms with Crippen LogP contribution in [0.1, 0.15) is 25.5 Å². The van der Waals surface area contributed by atoms with Crippen LogP contribution in [0.25, 0.3) is 0 Å². The van der Waals surface area contributed by atoms with E-state index in [9.17, 15) is 4.79 Å². The van der Waals surface area contributed by atoms with Gasteiger partial charge in [0.15, 0.2) is 5.78 Å². The van der Waals surface area contributed by atoms with E-state index in [1.54, 1.807) is 25.8 Å². The van der Waals surface area contributed by atoms with Gasteiger partial charge in [-0.25, -0.2) is 0 Å². The Morgan fingerprint density at radius 3 is 2.56 bits per heavy atom. The van der Waals surface area contributed by atoms with Crippen LogP contribution < -0.4 is 4.74 Å². The highest BCUT2D eigenvalue weighted by Gasteiger charge is 2.24. The molecular weight excluding hydrogens is 248 g/mol. The van der Waals surface area contributed by atoms with Crippen molar-refractivity contribution in [1.29, 1.82) is 0 Å². The highest BCUT2D eigenvalue weighted by molar-refractivity contribution is 8.04. The van der Waals surface area contributed by atoms with Gasteiger partial charge in [-0.1, -0.05) is 12.1 Å². The van der Waals surface area contributed by atoms with Crippen LogP contribution in [-0.4, -0.2) is 18.6 Å². The van der Waals surface area contributed by atoms with Crippen LogP contribution in [0.15, 0.2) is 34.9 Å². The van der Waals surface area contributed by atoms with Gasteiger partial charge in [-0.15, -0.1) is 11.8 Å². The number of carbonyl (C=O) groups is 1. The number of ether oxygens (including phenoxy) is 2. The lowest BCUT2D eigenvalue weighted by Gasteiger charge is -2.26. The molecule has 96 valence electrons. The average Bonchev–Trinajstić information content (AvgIpc) is 2.38. The first-order valence-corrected chi connectivity index (χ1v) is 6.75. The van der Waals surface area contributed by atoms with E-state index in [-0.39, 0.29) is 11.9 Å². The first-order chi connectivity index (χ1) is 8.61. The van der Waals surface area contributed by atoms with Crippen molar-refractivity contribution in [2.45, 2.75) is 20.0 Å². The molecule has 1 aromatic rings. The summed E-state index contributed by atoms with van der Waals surface area (Å²) < 4.78 is 10.9. The van der Waals surface area contributed by atoms with Crippen LogP contribution in [-0.2, 0) is 9.53 Å². The van der Waals surface area contributed by atoms with Crippen molar-refractivity contribution in [3.8, 4) is 5.75 Å². The average molecular weight is 264 g/mol. The minimum absolute atomic E-state index is 0.00371. The monoisotopic (exact) mass is 264 g/mol. The molecule has 1 heterocycles. The van der Waals surface area contributed by atoms with Crippen molar-refractivity contribution in [3.63, 3.8) is 0 Å². The Balaban J connectivity index is 2.15. The van der Waals surface area contributed by atoms with Crippen LogP contribution in [0, 0.1) is 0 Å². The number of methoxy groups -OCH3 is 1. The number of rotatable bonds is 3. The molecule has 1 aliphatic rings. The number of thioether (sulfide) groups is 1. The molecular formula is C14H16O3S. The molecule has 0 N–H and O–H groups in total. The Bertz CT molecular complexity index is 476. The minimum atomic E-state index is 0.00371. The van der Waals surface area contributed by atoms with Gasteiger partial charge < -0.3 is 9.47 Å². The highest BCUT2D eigenvalue weighted by Crippen LogP contribution is 2.36. The molecule has 1 aromatic carbocycles. The molecule has 2 rings (SSSR count). The Morgan fingerprint density at radius 2 is 2.06 bits per heavy atom. The Kier molecular flexibility index (Phi) is 3.97. The fourth-order valence-electron chi connectivity index (χ4n) is 1.89. The van der Waals surface area contributed by atoms with E-state index >= 15 is 0 Å². The van der Waals surface area contributed by atoms with Crippen LogP contribution in [0.2, 0.25) is 0 Å². The molecule has 0 aliphatic carbocycles. The standard InChI is InChI=1S/C14H16O3S/c1-9(15)14-10(2)17-13(8-18-14)11-4-6-12(16-3)7-5-11/h4-7,13H,8H2,1-3H3. The van der Waals surface area contributed by atoms with Gasteiger partial charge in [0, 0.05) is 5.75 Å². The maximum absolute atomic E-state index is 11.4. The molecule has 0 fully saturated rings. The van der Waals surface area contributed by atoms with E-state index in [4.69, 9.17) is 9.47 Å². The molecule has 0 bridgehead atoms. The number of carbonyl (C=O) groups excluding carboxylic acids is 1. The summed E-state index contributed by atoms with van der Waals surface area (Å²) in [6.45, 7) is 3.42. The quantitative estimate of drug-likeness (QED) is 0.839. The van der Waals surface area contributed by atoms with E-state index in [0.717, 1.165) is 27.7 Å². The van der Waals surface area contributed by atoms with Crippen molar-refractivity contribution >= 4 is 17.5 Å². The summed E-state index contributed by atoms with van der Waals surface area (Å²) in [5.74, 6) is 2.39. The van der Waals surface area contributed by atoms with Gasteiger partial charge >= 0.3 is 0 Å². The summed E-state index contributed by atoms with van der Waals surface area (Å²) in [6, 6.07) is 7.83. The molecule has 0 saturated carbocycles.